The first-order chi connectivity index (χ1) is 33.6. The van der Waals surface area contributed by atoms with Crippen molar-refractivity contribution < 1.29 is 0 Å². The second-order valence-electron chi connectivity index (χ2n) is 19.3. The van der Waals surface area contributed by atoms with Crippen LogP contribution in [0.1, 0.15) is 39.2 Å². The van der Waals surface area contributed by atoms with Gasteiger partial charge in [0.15, 0.2) is 0 Å². The highest BCUT2D eigenvalue weighted by Gasteiger charge is 2.30. The summed E-state index contributed by atoms with van der Waals surface area (Å²) >= 11 is 0. The van der Waals surface area contributed by atoms with Gasteiger partial charge in [0.05, 0.1) is 6.04 Å². The van der Waals surface area contributed by atoms with Crippen molar-refractivity contribution in [2.24, 2.45) is 5.92 Å². The van der Waals surface area contributed by atoms with E-state index in [1.54, 1.807) is 0 Å². The van der Waals surface area contributed by atoms with Crippen molar-refractivity contribution in [1.82, 2.24) is 0 Å². The maximum atomic E-state index is 2.61. The quantitative estimate of drug-likeness (QED) is 0.144. The van der Waals surface area contributed by atoms with Crippen LogP contribution >= 0.6 is 0 Å². The second kappa shape index (κ2) is 15.0. The van der Waals surface area contributed by atoms with Crippen LogP contribution in [0.25, 0.3) is 125 Å². The van der Waals surface area contributed by atoms with Crippen LogP contribution in [0.15, 0.2) is 212 Å². The lowest BCUT2D eigenvalue weighted by Gasteiger charge is -2.35. The highest BCUT2D eigenvalue weighted by molar-refractivity contribution is 6.42. The minimum absolute atomic E-state index is 0.216. The van der Waals surface area contributed by atoms with Gasteiger partial charge in [-0.25, -0.2) is 0 Å². The Bertz CT molecular complexity index is 4120. The van der Waals surface area contributed by atoms with E-state index in [4.69, 9.17) is 0 Å². The molecule has 1 heteroatoms. The molecule has 0 heterocycles. The third-order valence-electron chi connectivity index (χ3n) is 15.5. The molecule has 14 rings (SSSR count). The van der Waals surface area contributed by atoms with Gasteiger partial charge in [0.1, 0.15) is 0 Å². The molecule has 322 valence electrons. The third-order valence-corrected chi connectivity index (χ3v) is 15.5. The number of benzene rings is 9. The molecule has 11 aromatic rings. The molecule has 0 spiro atoms. The predicted molar refractivity (Wildman–Crippen MR) is 297 cm³/mol. The summed E-state index contributed by atoms with van der Waals surface area (Å²) in [5.74, 6) is 0.535. The van der Waals surface area contributed by atoms with Crippen molar-refractivity contribution in [3.63, 3.8) is 0 Å². The number of fused-ring (bicyclic) bond motifs is 11. The van der Waals surface area contributed by atoms with Gasteiger partial charge in [-0.05, 0) is 194 Å². The summed E-state index contributed by atoms with van der Waals surface area (Å²) in [5.41, 5.74) is 12.9. The fourth-order valence-electron chi connectivity index (χ4n) is 12.6. The Labute approximate surface area is 397 Å². The van der Waals surface area contributed by atoms with Gasteiger partial charge in [0, 0.05) is 16.8 Å². The van der Waals surface area contributed by atoms with Crippen LogP contribution in [0.2, 0.25) is 0 Å². The van der Waals surface area contributed by atoms with E-state index >= 15 is 0 Å². The molecule has 0 N–H and O–H groups in total. The fraction of sp³-hybridized carbons (Fsp3) is 0.104. The van der Waals surface area contributed by atoms with E-state index in [1.807, 2.05) is 0 Å². The van der Waals surface area contributed by atoms with Gasteiger partial charge in [-0.1, -0.05) is 177 Å². The Morgan fingerprint density at radius 3 is 1.93 bits per heavy atom. The lowest BCUT2D eigenvalue weighted by molar-refractivity contribution is 0.705. The normalized spacial score (nSPS) is 17.1. The molecule has 3 aliphatic rings. The highest BCUT2D eigenvalue weighted by Crippen LogP contribution is 2.56. The van der Waals surface area contributed by atoms with Crippen LogP contribution in [0.3, 0.4) is 0 Å². The average Bonchev–Trinajstić information content (AvgIpc) is 4.00. The molecule has 0 saturated heterocycles. The summed E-state index contributed by atoms with van der Waals surface area (Å²) in [7, 11) is 0. The molecule has 0 radical (unpaired) electrons. The van der Waals surface area contributed by atoms with Gasteiger partial charge in [-0.3, -0.25) is 0 Å². The Balaban J connectivity index is 1.13. The topological polar surface area (TPSA) is 3.24 Å². The fourth-order valence-corrected chi connectivity index (χ4v) is 12.6. The monoisotopic (exact) mass is 867 g/mol. The summed E-state index contributed by atoms with van der Waals surface area (Å²) in [4.78, 5) is 2.61. The number of anilines is 1. The van der Waals surface area contributed by atoms with Crippen molar-refractivity contribution in [3.05, 3.63) is 218 Å². The molecule has 11 aromatic carbocycles. The van der Waals surface area contributed by atoms with E-state index in [2.05, 4.69) is 232 Å². The van der Waals surface area contributed by atoms with Crippen LogP contribution < -0.4 is 4.90 Å². The molecule has 0 aliphatic heterocycles. The molecule has 0 aromatic heterocycles. The van der Waals surface area contributed by atoms with Crippen LogP contribution in [0.5, 0.6) is 0 Å². The number of nitrogens with zero attached hydrogens (tertiary/aromatic N) is 1. The SMILES string of the molecule is C\C=C/C=C(\C=C/C)c1c2cc3c(cc2c(-c2ccccc2)c2c4ccc(N(C5=CCC(C)C=C5)C5C=CC=CC5)c5cccc(c12)c54)c1ccc2c4c(ccc3c41)-c1cc3ccccc3cc1-2. The van der Waals surface area contributed by atoms with Gasteiger partial charge in [0.2, 0.25) is 0 Å². The summed E-state index contributed by atoms with van der Waals surface area (Å²) < 4.78 is 0. The van der Waals surface area contributed by atoms with E-state index in [0.29, 0.717) is 5.92 Å². The van der Waals surface area contributed by atoms with Crippen molar-refractivity contribution in [1.29, 1.82) is 0 Å². The van der Waals surface area contributed by atoms with Gasteiger partial charge in [-0.15, -0.1) is 0 Å². The summed E-state index contributed by atoms with van der Waals surface area (Å²) in [6.07, 6.45) is 29.5. The molecular weight excluding hydrogens is 819 g/mol. The lowest BCUT2D eigenvalue weighted by atomic mass is 9.85. The number of hydrogen-bond donors (Lipinski definition) is 0. The molecule has 0 saturated carbocycles. The van der Waals surface area contributed by atoms with Crippen LogP contribution in [-0.2, 0) is 0 Å². The highest BCUT2D eigenvalue weighted by atomic mass is 15.2. The molecule has 0 fully saturated rings. The summed E-state index contributed by atoms with van der Waals surface area (Å²) in [6, 6.07) is 51.8. The maximum Gasteiger partial charge on any atom is 0.0559 e. The van der Waals surface area contributed by atoms with E-state index in [0.717, 1.165) is 12.8 Å². The molecule has 2 atom stereocenters. The largest absolute Gasteiger partial charge is 0.334 e. The molecule has 0 bridgehead atoms. The molecular formula is C67H49N. The van der Waals surface area contributed by atoms with Gasteiger partial charge in [-0.2, -0.15) is 0 Å². The first kappa shape index (κ1) is 39.2. The van der Waals surface area contributed by atoms with Crippen LogP contribution in [-0.4, -0.2) is 6.04 Å². The second-order valence-corrected chi connectivity index (χ2v) is 19.3. The van der Waals surface area contributed by atoms with E-state index in [1.165, 1.54) is 142 Å². The van der Waals surface area contributed by atoms with Gasteiger partial charge >= 0.3 is 0 Å². The zero-order valence-corrected chi connectivity index (χ0v) is 38.6. The third kappa shape index (κ3) is 5.51. The standard InChI is InChI=1S/C67H49N/c1-4-6-17-41(16-5-2)61-58-38-56-49-32-30-47-54-36-43-20-13-14-21-44(43)37-55(54)48-31-33-50(65(49)64(47)48)57(56)39-59(58)62(42-18-9-7-10-19-42)67-53-34-35-60(51-24-15-25-52(63(51)53)66(61)67)68(45-22-11-8-12-23-45)46-28-26-40(3)27-29-46/h4-22,24-26,28-40,45H,23,27H2,1-3H3/b6-4-,16-5-,41-17+. The van der Waals surface area contributed by atoms with E-state index < -0.39 is 0 Å². The molecule has 1 nitrogen and oxygen atoms in total. The number of allylic oxidation sites excluding steroid dienone is 11. The van der Waals surface area contributed by atoms with E-state index in [9.17, 15) is 0 Å². The van der Waals surface area contributed by atoms with Gasteiger partial charge in [0.25, 0.3) is 0 Å². The maximum absolute atomic E-state index is 2.61. The van der Waals surface area contributed by atoms with Crippen molar-refractivity contribution in [2.45, 2.75) is 39.7 Å². The van der Waals surface area contributed by atoms with Crippen LogP contribution in [0.4, 0.5) is 5.69 Å². The summed E-state index contributed by atoms with van der Waals surface area (Å²) in [6.45, 7) is 6.58. The van der Waals surface area contributed by atoms with Crippen molar-refractivity contribution >= 4 is 97.4 Å². The minimum Gasteiger partial charge on any atom is -0.334 e. The smallest absolute Gasteiger partial charge is 0.0559 e. The van der Waals surface area contributed by atoms with Gasteiger partial charge < -0.3 is 4.90 Å². The zero-order chi connectivity index (χ0) is 45.2. The number of hydrogen-bond acceptors (Lipinski definition) is 1. The number of rotatable bonds is 7. The first-order valence-electron chi connectivity index (χ1n) is 24.5. The van der Waals surface area contributed by atoms with Crippen molar-refractivity contribution in [2.75, 3.05) is 4.90 Å². The Morgan fingerprint density at radius 1 is 0.529 bits per heavy atom. The molecule has 0 amide bonds. The first-order valence-corrected chi connectivity index (χ1v) is 24.5. The predicted octanol–water partition coefficient (Wildman–Crippen LogP) is 18.8. The minimum atomic E-state index is 0.216. The Morgan fingerprint density at radius 2 is 1.24 bits per heavy atom. The zero-order valence-electron chi connectivity index (χ0n) is 38.6. The molecule has 2 unspecified atom stereocenters. The average molecular weight is 868 g/mol. The van der Waals surface area contributed by atoms with Crippen molar-refractivity contribution in [3.8, 4) is 33.4 Å². The lowest BCUT2D eigenvalue weighted by Crippen LogP contribution is -2.33. The Hall–Kier alpha value is -8.00. The Kier molecular flexibility index (Phi) is 8.65. The van der Waals surface area contributed by atoms with Crippen LogP contribution in [0, 0.1) is 5.92 Å². The summed E-state index contributed by atoms with van der Waals surface area (Å²) in [5, 5.41) is 21.1. The van der Waals surface area contributed by atoms with E-state index in [-0.39, 0.29) is 6.04 Å². The molecule has 68 heavy (non-hydrogen) atoms. The molecule has 3 aliphatic carbocycles.